The van der Waals surface area contributed by atoms with Gasteiger partial charge in [-0.3, -0.25) is 19.2 Å². The quantitative estimate of drug-likeness (QED) is 0.261. The highest BCUT2D eigenvalue weighted by molar-refractivity contribution is 6.30. The van der Waals surface area contributed by atoms with Gasteiger partial charge < -0.3 is 9.80 Å². The minimum Gasteiger partial charge on any atom is -0.342 e. The maximum absolute atomic E-state index is 13.4. The van der Waals surface area contributed by atoms with Crippen LogP contribution in [0.15, 0.2) is 70.3 Å². The highest BCUT2D eigenvalue weighted by atomic mass is 35.5. The molecule has 0 bridgehead atoms. The number of nitrogens with zero attached hydrogens (tertiary/aromatic N) is 7. The molecule has 0 unspecified atom stereocenters. The number of rotatable bonds is 8. The lowest BCUT2D eigenvalue weighted by atomic mass is 9.89. The smallest absolute Gasteiger partial charge is 0.266 e. The minimum absolute atomic E-state index is 0.00754. The molecule has 6 rings (SSSR count). The van der Waals surface area contributed by atoms with Crippen molar-refractivity contribution < 1.29 is 18.4 Å². The van der Waals surface area contributed by atoms with Crippen molar-refractivity contribution in [1.82, 2.24) is 29.4 Å². The van der Waals surface area contributed by atoms with Crippen molar-refractivity contribution in [3.05, 3.63) is 126 Å². The summed E-state index contributed by atoms with van der Waals surface area (Å²) in [6, 6.07) is 17.4. The average molecular weight is 746 g/mol. The molecule has 0 radical (unpaired) electrons. The highest BCUT2D eigenvalue weighted by Crippen LogP contribution is 2.25. The summed E-state index contributed by atoms with van der Waals surface area (Å²) in [6.07, 6.45) is 5.54. The van der Waals surface area contributed by atoms with E-state index in [0.29, 0.717) is 49.4 Å². The van der Waals surface area contributed by atoms with Crippen molar-refractivity contribution in [2.75, 3.05) is 26.2 Å². The Morgan fingerprint density at radius 1 is 0.717 bits per heavy atom. The van der Waals surface area contributed by atoms with E-state index in [2.05, 4.69) is 10.2 Å². The molecule has 4 aromatic rings. The summed E-state index contributed by atoms with van der Waals surface area (Å²) in [7, 11) is 3.14. The first kappa shape index (κ1) is 39.0. The van der Waals surface area contributed by atoms with Gasteiger partial charge in [-0.25, -0.2) is 18.1 Å². The molecule has 14 heteroatoms. The summed E-state index contributed by atoms with van der Waals surface area (Å²) in [5, 5.41) is 17.3. The molecule has 11 nitrogen and oxygen atoms in total. The van der Waals surface area contributed by atoms with Crippen molar-refractivity contribution >= 4 is 23.4 Å². The number of aromatic nitrogens is 4. The van der Waals surface area contributed by atoms with Crippen LogP contribution < -0.4 is 11.1 Å². The Kier molecular flexibility index (Phi) is 13.3. The fourth-order valence-electron chi connectivity index (χ4n) is 6.71. The first-order chi connectivity index (χ1) is 25.4. The van der Waals surface area contributed by atoms with E-state index in [9.17, 15) is 28.0 Å². The topological polar surface area (TPSA) is 134 Å². The fourth-order valence-corrected chi connectivity index (χ4v) is 6.92. The summed E-state index contributed by atoms with van der Waals surface area (Å²) in [5.41, 5.74) is 2.84. The lowest BCUT2D eigenvalue weighted by Gasteiger charge is -2.32. The molecular formula is C39H42ClF2N7O4. The maximum Gasteiger partial charge on any atom is 0.266 e. The zero-order valence-electron chi connectivity index (χ0n) is 29.8. The van der Waals surface area contributed by atoms with Crippen LogP contribution in [0.4, 0.5) is 8.78 Å². The summed E-state index contributed by atoms with van der Waals surface area (Å²) in [4.78, 5) is 51.3. The normalized spacial score (nSPS) is 15.0. The molecule has 2 fully saturated rings. The molecule has 0 saturated carbocycles. The zero-order chi connectivity index (χ0) is 38.1. The number of benzene rings is 2. The fraction of sp³-hybridized carbons (Fsp3) is 0.410. The second-order valence-electron chi connectivity index (χ2n) is 13.7. The molecule has 2 aliphatic heterocycles. The third kappa shape index (κ3) is 10.9. The van der Waals surface area contributed by atoms with Gasteiger partial charge in [-0.15, -0.1) is 0 Å². The van der Waals surface area contributed by atoms with Gasteiger partial charge in [0.1, 0.15) is 17.7 Å². The number of hydrogen-bond acceptors (Lipinski definition) is 7. The van der Waals surface area contributed by atoms with Gasteiger partial charge in [0.05, 0.1) is 34.8 Å². The van der Waals surface area contributed by atoms with Crippen LogP contribution in [0.25, 0.3) is 0 Å². The summed E-state index contributed by atoms with van der Waals surface area (Å²) < 4.78 is 29.1. The molecule has 2 amide bonds. The van der Waals surface area contributed by atoms with Crippen LogP contribution in [0.2, 0.25) is 5.02 Å². The number of likely N-dealkylation sites (tertiary alicyclic amines) is 2. The monoisotopic (exact) mass is 745 g/mol. The van der Waals surface area contributed by atoms with Crippen LogP contribution in [-0.2, 0) is 49.4 Å². The highest BCUT2D eigenvalue weighted by Gasteiger charge is 2.25. The first-order valence-electron chi connectivity index (χ1n) is 17.6. The maximum atomic E-state index is 13.4. The third-order valence-corrected chi connectivity index (χ3v) is 10.1. The molecule has 0 spiro atoms. The van der Waals surface area contributed by atoms with Gasteiger partial charge in [0.15, 0.2) is 0 Å². The Bertz CT molecular complexity index is 2100. The molecule has 0 aliphatic carbocycles. The van der Waals surface area contributed by atoms with E-state index >= 15 is 0 Å². The van der Waals surface area contributed by atoms with Crippen LogP contribution in [0.1, 0.15) is 53.8 Å². The molecule has 2 aliphatic rings. The van der Waals surface area contributed by atoms with Crippen molar-refractivity contribution in [3.8, 4) is 6.07 Å². The lowest BCUT2D eigenvalue weighted by molar-refractivity contribution is -0.132. The van der Waals surface area contributed by atoms with Gasteiger partial charge >= 0.3 is 0 Å². The first-order valence-corrected chi connectivity index (χ1v) is 18.0. The van der Waals surface area contributed by atoms with Gasteiger partial charge in [-0.1, -0.05) is 23.7 Å². The van der Waals surface area contributed by atoms with Crippen molar-refractivity contribution in [1.29, 1.82) is 5.26 Å². The molecule has 2 saturated heterocycles. The Balaban J connectivity index is 0.000000204. The van der Waals surface area contributed by atoms with Crippen LogP contribution in [-0.4, -0.2) is 67.4 Å². The Morgan fingerprint density at radius 3 is 1.57 bits per heavy atom. The molecule has 2 aromatic heterocycles. The molecule has 2 aromatic carbocycles. The van der Waals surface area contributed by atoms with Gasteiger partial charge in [0.2, 0.25) is 11.8 Å². The number of carbonyl (C=O) groups is 2. The molecule has 0 N–H and O–H groups in total. The van der Waals surface area contributed by atoms with Gasteiger partial charge in [0, 0.05) is 52.4 Å². The average Bonchev–Trinajstić information content (AvgIpc) is 3.14. The lowest BCUT2D eigenvalue weighted by Crippen LogP contribution is -2.40. The number of nitriles is 1. The summed E-state index contributed by atoms with van der Waals surface area (Å²) in [5.74, 6) is 0.00194. The minimum atomic E-state index is -0.492. The molecular weight excluding hydrogens is 704 g/mol. The van der Waals surface area contributed by atoms with Crippen LogP contribution in [0, 0.1) is 34.8 Å². The van der Waals surface area contributed by atoms with E-state index in [4.69, 9.17) is 16.9 Å². The van der Waals surface area contributed by atoms with E-state index in [1.165, 1.54) is 33.6 Å². The van der Waals surface area contributed by atoms with E-state index in [-0.39, 0.29) is 46.4 Å². The predicted molar refractivity (Wildman–Crippen MR) is 195 cm³/mol. The molecule has 53 heavy (non-hydrogen) atoms. The number of hydrogen-bond donors (Lipinski definition) is 0. The molecule has 4 heterocycles. The van der Waals surface area contributed by atoms with Crippen molar-refractivity contribution in [2.24, 2.45) is 25.9 Å². The second kappa shape index (κ2) is 18.0. The summed E-state index contributed by atoms with van der Waals surface area (Å²) in [6.45, 7) is 2.73. The Morgan fingerprint density at radius 2 is 1.15 bits per heavy atom. The van der Waals surface area contributed by atoms with Gasteiger partial charge in [0.25, 0.3) is 11.1 Å². The zero-order valence-corrected chi connectivity index (χ0v) is 30.6. The van der Waals surface area contributed by atoms with Gasteiger partial charge in [-0.2, -0.15) is 15.5 Å². The van der Waals surface area contributed by atoms with E-state index in [1.807, 2.05) is 15.9 Å². The number of carbonyl (C=O) groups excluding carboxylic acids is 2. The Hall–Kier alpha value is -5.22. The predicted octanol–water partition coefficient (Wildman–Crippen LogP) is 4.41. The van der Waals surface area contributed by atoms with Crippen LogP contribution in [0.5, 0.6) is 0 Å². The SMILES string of the molecule is Cn1nc(CC(=O)N2CCC(Cc3ccc(F)c(C#N)c3)CC2)ccc1=O.Cn1nc(CC(=O)N2CCC(Cc3ccc(F)c(Cl)c3)CC2)ccc1=O. The van der Waals surface area contributed by atoms with Gasteiger partial charge in [-0.05, 0) is 97.9 Å². The Labute approximate surface area is 311 Å². The van der Waals surface area contributed by atoms with Crippen LogP contribution in [0.3, 0.4) is 0 Å². The molecule has 0 atom stereocenters. The number of amides is 2. The largest absolute Gasteiger partial charge is 0.342 e. The van der Waals surface area contributed by atoms with E-state index < -0.39 is 11.6 Å². The number of piperidine rings is 2. The van der Waals surface area contributed by atoms with Crippen molar-refractivity contribution in [3.63, 3.8) is 0 Å². The van der Waals surface area contributed by atoms with E-state index in [1.54, 1.807) is 50.5 Å². The second-order valence-corrected chi connectivity index (χ2v) is 14.1. The number of aryl methyl sites for hydroxylation is 2. The standard InChI is InChI=1S/C20H21FN4O2.C19H21ClFN3O2/c1-24-19(26)5-3-17(23-24)12-20(27)25-8-6-14(7-9-25)10-15-2-4-18(21)16(11-15)13-22;1-23-18(25)5-3-15(22-23)12-19(26)24-8-6-13(7-9-24)10-14-2-4-17(21)16(20)11-14/h2-5,11,14H,6-10,12H2,1H3;2-5,11,13H,6-10,12H2,1H3. The van der Waals surface area contributed by atoms with Crippen LogP contribution >= 0.6 is 11.6 Å². The molecule has 278 valence electrons. The number of halogens is 3. The van der Waals surface area contributed by atoms with Crippen molar-refractivity contribution in [2.45, 2.75) is 51.4 Å². The van der Waals surface area contributed by atoms with E-state index in [0.717, 1.165) is 49.7 Å². The summed E-state index contributed by atoms with van der Waals surface area (Å²) >= 11 is 5.84. The third-order valence-electron chi connectivity index (χ3n) is 9.81.